The molecule has 0 spiro atoms. The van der Waals surface area contributed by atoms with E-state index >= 15 is 0 Å². The van der Waals surface area contributed by atoms with Gasteiger partial charge in [-0.15, -0.1) is 11.3 Å². The molecule has 30 heavy (non-hydrogen) atoms. The van der Waals surface area contributed by atoms with Gasteiger partial charge in [0.05, 0.1) is 26.3 Å². The van der Waals surface area contributed by atoms with Gasteiger partial charge in [0.15, 0.2) is 17.3 Å². The maximum atomic E-state index is 12.9. The predicted octanol–water partition coefficient (Wildman–Crippen LogP) is 4.67. The van der Waals surface area contributed by atoms with Gasteiger partial charge in [0, 0.05) is 22.9 Å². The fourth-order valence-corrected chi connectivity index (χ4v) is 3.50. The standard InChI is InChI=1S/C22H20FNO5S/c1-27-19-9-5-15(11-20(19)28-2)22-24-17(13-30-22)12-29-21(26)10-8-18(25)14-3-6-16(23)7-4-14/h3-7,9,11,13H,8,10,12H2,1-2H3. The van der Waals surface area contributed by atoms with Gasteiger partial charge >= 0.3 is 5.97 Å². The number of hydrogen-bond donors (Lipinski definition) is 0. The molecule has 0 bridgehead atoms. The fourth-order valence-electron chi connectivity index (χ4n) is 2.70. The summed E-state index contributed by atoms with van der Waals surface area (Å²) in [5.41, 5.74) is 1.84. The van der Waals surface area contributed by atoms with Crippen molar-refractivity contribution in [1.29, 1.82) is 0 Å². The molecule has 0 aliphatic heterocycles. The van der Waals surface area contributed by atoms with Crippen molar-refractivity contribution < 1.29 is 28.2 Å². The maximum Gasteiger partial charge on any atom is 0.306 e. The Hall–Kier alpha value is -3.26. The summed E-state index contributed by atoms with van der Waals surface area (Å²) < 4.78 is 28.7. The smallest absolute Gasteiger partial charge is 0.306 e. The van der Waals surface area contributed by atoms with Gasteiger partial charge in [0.25, 0.3) is 0 Å². The Labute approximate surface area is 177 Å². The van der Waals surface area contributed by atoms with E-state index in [1.807, 2.05) is 17.5 Å². The van der Waals surface area contributed by atoms with Gasteiger partial charge in [-0.25, -0.2) is 9.37 Å². The summed E-state index contributed by atoms with van der Waals surface area (Å²) in [6.45, 7) is 0.0212. The Bertz CT molecular complexity index is 1030. The van der Waals surface area contributed by atoms with Crippen molar-refractivity contribution in [1.82, 2.24) is 4.98 Å². The van der Waals surface area contributed by atoms with Crippen LogP contribution in [0.4, 0.5) is 4.39 Å². The highest BCUT2D eigenvalue weighted by atomic mass is 32.1. The molecular formula is C22H20FNO5S. The van der Waals surface area contributed by atoms with Crippen molar-refractivity contribution >= 4 is 23.1 Å². The third-order valence-electron chi connectivity index (χ3n) is 4.29. The fraction of sp³-hybridized carbons (Fsp3) is 0.227. The molecule has 1 heterocycles. The van der Waals surface area contributed by atoms with E-state index in [1.165, 1.54) is 35.6 Å². The first kappa shape index (κ1) is 21.4. The number of ketones is 1. The molecular weight excluding hydrogens is 409 g/mol. The van der Waals surface area contributed by atoms with Gasteiger partial charge in [0.2, 0.25) is 0 Å². The number of carbonyl (C=O) groups excluding carboxylic acids is 2. The number of halogens is 1. The van der Waals surface area contributed by atoms with Gasteiger partial charge in [-0.1, -0.05) is 0 Å². The molecule has 0 saturated heterocycles. The van der Waals surface area contributed by atoms with E-state index in [9.17, 15) is 14.0 Å². The van der Waals surface area contributed by atoms with Crippen molar-refractivity contribution in [3.63, 3.8) is 0 Å². The molecule has 3 rings (SSSR count). The van der Waals surface area contributed by atoms with Gasteiger partial charge in [0.1, 0.15) is 17.4 Å². The minimum absolute atomic E-state index is 0.00156. The molecule has 6 nitrogen and oxygen atoms in total. The van der Waals surface area contributed by atoms with Crippen LogP contribution in [0.5, 0.6) is 11.5 Å². The summed E-state index contributed by atoms with van der Waals surface area (Å²) in [7, 11) is 3.13. The number of esters is 1. The second kappa shape index (κ2) is 9.98. The zero-order valence-electron chi connectivity index (χ0n) is 16.5. The number of methoxy groups -OCH3 is 2. The van der Waals surface area contributed by atoms with E-state index in [0.29, 0.717) is 22.8 Å². The summed E-state index contributed by atoms with van der Waals surface area (Å²) in [6, 6.07) is 10.7. The first-order valence-electron chi connectivity index (χ1n) is 9.11. The molecule has 0 fully saturated rings. The summed E-state index contributed by atoms with van der Waals surface area (Å²) >= 11 is 1.42. The van der Waals surface area contributed by atoms with Crippen LogP contribution in [0, 0.1) is 5.82 Å². The van der Waals surface area contributed by atoms with Crippen molar-refractivity contribution in [2.45, 2.75) is 19.4 Å². The Kier molecular flexibility index (Phi) is 7.13. The molecule has 0 saturated carbocycles. The molecule has 2 aromatic carbocycles. The molecule has 0 unspecified atom stereocenters. The average Bonchev–Trinajstić information content (AvgIpc) is 3.25. The summed E-state index contributed by atoms with van der Waals surface area (Å²) in [5, 5.41) is 2.57. The topological polar surface area (TPSA) is 74.7 Å². The van der Waals surface area contributed by atoms with Crippen LogP contribution in [0.2, 0.25) is 0 Å². The first-order valence-corrected chi connectivity index (χ1v) is 9.99. The van der Waals surface area contributed by atoms with Gasteiger partial charge in [-0.05, 0) is 42.5 Å². The number of nitrogens with zero attached hydrogens (tertiary/aromatic N) is 1. The van der Waals surface area contributed by atoms with E-state index in [-0.39, 0.29) is 25.2 Å². The normalized spacial score (nSPS) is 10.5. The van der Waals surface area contributed by atoms with Crippen LogP contribution in [0.25, 0.3) is 10.6 Å². The van der Waals surface area contributed by atoms with Crippen LogP contribution in [-0.2, 0) is 16.1 Å². The van der Waals surface area contributed by atoms with E-state index < -0.39 is 11.8 Å². The highest BCUT2D eigenvalue weighted by molar-refractivity contribution is 7.13. The second-order valence-electron chi connectivity index (χ2n) is 6.30. The number of Topliss-reactive ketones (excluding diaryl/α,β-unsaturated/α-hetero) is 1. The SMILES string of the molecule is COc1ccc(-c2nc(COC(=O)CCC(=O)c3ccc(F)cc3)cs2)cc1OC. The highest BCUT2D eigenvalue weighted by Crippen LogP contribution is 2.33. The van der Waals surface area contributed by atoms with Crippen LogP contribution in [0.15, 0.2) is 47.8 Å². The summed E-state index contributed by atoms with van der Waals surface area (Å²) in [4.78, 5) is 28.5. The molecule has 8 heteroatoms. The van der Waals surface area contributed by atoms with Gasteiger partial charge < -0.3 is 14.2 Å². The third kappa shape index (κ3) is 5.42. The highest BCUT2D eigenvalue weighted by Gasteiger charge is 2.13. The minimum Gasteiger partial charge on any atom is -0.493 e. The zero-order valence-corrected chi connectivity index (χ0v) is 17.3. The number of hydrogen-bond acceptors (Lipinski definition) is 7. The van der Waals surface area contributed by atoms with E-state index in [4.69, 9.17) is 14.2 Å². The molecule has 0 amide bonds. The largest absolute Gasteiger partial charge is 0.493 e. The van der Waals surface area contributed by atoms with Gasteiger partial charge in [-0.2, -0.15) is 0 Å². The summed E-state index contributed by atoms with van der Waals surface area (Å²) in [5.74, 6) is 0.0790. The van der Waals surface area contributed by atoms with Gasteiger partial charge in [-0.3, -0.25) is 9.59 Å². The zero-order chi connectivity index (χ0) is 21.5. The van der Waals surface area contributed by atoms with Crippen LogP contribution in [0.3, 0.4) is 0 Å². The van der Waals surface area contributed by atoms with E-state index in [0.717, 1.165) is 10.6 Å². The lowest BCUT2D eigenvalue weighted by atomic mass is 10.1. The third-order valence-corrected chi connectivity index (χ3v) is 5.23. The number of carbonyl (C=O) groups is 2. The molecule has 3 aromatic rings. The predicted molar refractivity (Wildman–Crippen MR) is 110 cm³/mol. The lowest BCUT2D eigenvalue weighted by Crippen LogP contribution is -2.08. The Morgan fingerprint density at radius 3 is 2.43 bits per heavy atom. The number of rotatable bonds is 9. The molecule has 1 aromatic heterocycles. The molecule has 0 N–H and O–H groups in total. The van der Waals surface area contributed by atoms with Crippen LogP contribution in [0.1, 0.15) is 28.9 Å². The van der Waals surface area contributed by atoms with E-state index in [1.54, 1.807) is 20.3 Å². The van der Waals surface area contributed by atoms with Crippen LogP contribution >= 0.6 is 11.3 Å². The number of benzene rings is 2. The summed E-state index contributed by atoms with van der Waals surface area (Å²) in [6.07, 6.45) is -0.0543. The Morgan fingerprint density at radius 1 is 1.00 bits per heavy atom. The number of thiazole rings is 1. The molecule has 0 atom stereocenters. The van der Waals surface area contributed by atoms with Crippen molar-refractivity contribution in [2.75, 3.05) is 14.2 Å². The lowest BCUT2D eigenvalue weighted by Gasteiger charge is -2.08. The molecule has 156 valence electrons. The number of aromatic nitrogens is 1. The lowest BCUT2D eigenvalue weighted by molar-refractivity contribution is -0.145. The monoisotopic (exact) mass is 429 g/mol. The number of ether oxygens (including phenoxy) is 3. The quantitative estimate of drug-likeness (QED) is 0.363. The first-order chi connectivity index (χ1) is 14.5. The average molecular weight is 429 g/mol. The molecule has 0 aliphatic rings. The second-order valence-corrected chi connectivity index (χ2v) is 7.16. The minimum atomic E-state index is -0.494. The van der Waals surface area contributed by atoms with Crippen LogP contribution < -0.4 is 9.47 Å². The molecule has 0 aliphatic carbocycles. The molecule has 0 radical (unpaired) electrons. The Balaban J connectivity index is 1.52. The van der Waals surface area contributed by atoms with Crippen molar-refractivity contribution in [2.24, 2.45) is 0 Å². The van der Waals surface area contributed by atoms with E-state index in [2.05, 4.69) is 4.98 Å². The van der Waals surface area contributed by atoms with Crippen LogP contribution in [-0.4, -0.2) is 31.0 Å². The van der Waals surface area contributed by atoms with Crippen molar-refractivity contribution in [3.05, 3.63) is 64.9 Å². The Morgan fingerprint density at radius 2 is 1.73 bits per heavy atom. The maximum absolute atomic E-state index is 12.9. The van der Waals surface area contributed by atoms with Crippen molar-refractivity contribution in [3.8, 4) is 22.1 Å².